The first kappa shape index (κ1) is 17.5. The molecule has 3 rings (SSSR count). The van der Waals surface area contributed by atoms with Gasteiger partial charge in [-0.1, -0.05) is 13.8 Å². The Hall–Kier alpha value is -2.34. The normalized spacial score (nSPS) is 26.5. The van der Waals surface area contributed by atoms with Crippen molar-refractivity contribution in [1.29, 1.82) is 0 Å². The number of nitrogens with one attached hydrogen (secondary N) is 2. The van der Waals surface area contributed by atoms with Crippen LogP contribution in [0.5, 0.6) is 0 Å². The van der Waals surface area contributed by atoms with E-state index in [1.165, 1.54) is 10.9 Å². The van der Waals surface area contributed by atoms with Crippen molar-refractivity contribution >= 4 is 23.0 Å². The number of aromatic amines is 1. The number of anilines is 1. The van der Waals surface area contributed by atoms with Crippen molar-refractivity contribution < 1.29 is 24.9 Å². The summed E-state index contributed by atoms with van der Waals surface area (Å²) in [6.07, 6.45) is -3.46. The van der Waals surface area contributed by atoms with Gasteiger partial charge in [0.2, 0.25) is 11.9 Å². The van der Waals surface area contributed by atoms with Crippen LogP contribution in [0.1, 0.15) is 20.1 Å². The van der Waals surface area contributed by atoms with Crippen LogP contribution in [-0.2, 0) is 9.53 Å². The Morgan fingerprint density at radius 1 is 1.44 bits per heavy atom. The number of aliphatic hydroxyl groups excluding tert-OH is 3. The van der Waals surface area contributed by atoms with Gasteiger partial charge in [-0.15, -0.1) is 0 Å². The minimum absolute atomic E-state index is 0.0136. The molecule has 0 unspecified atom stereocenters. The van der Waals surface area contributed by atoms with Crippen molar-refractivity contribution in [1.82, 2.24) is 19.5 Å². The zero-order valence-corrected chi connectivity index (χ0v) is 13.6. The van der Waals surface area contributed by atoms with Crippen LogP contribution in [0.3, 0.4) is 0 Å². The molecule has 1 fully saturated rings. The van der Waals surface area contributed by atoms with Gasteiger partial charge in [0, 0.05) is 5.92 Å². The fourth-order valence-electron chi connectivity index (χ4n) is 2.54. The summed E-state index contributed by atoms with van der Waals surface area (Å²) in [4.78, 5) is 34.4. The zero-order chi connectivity index (χ0) is 18.3. The summed E-state index contributed by atoms with van der Waals surface area (Å²) in [5.74, 6) is -0.711. The Balaban J connectivity index is 2.01. The van der Waals surface area contributed by atoms with Crippen LogP contribution in [0.25, 0.3) is 11.2 Å². The number of ether oxygens (including phenoxy) is 1. The van der Waals surface area contributed by atoms with Gasteiger partial charge in [0.05, 0.1) is 12.9 Å². The van der Waals surface area contributed by atoms with Crippen molar-refractivity contribution in [2.45, 2.75) is 38.4 Å². The maximum Gasteiger partial charge on any atom is 0.280 e. The first-order chi connectivity index (χ1) is 11.8. The average molecular weight is 353 g/mol. The van der Waals surface area contributed by atoms with E-state index in [9.17, 15) is 24.9 Å². The Labute approximate surface area is 141 Å². The van der Waals surface area contributed by atoms with E-state index < -0.39 is 36.7 Å². The minimum Gasteiger partial charge on any atom is -0.394 e. The molecule has 3 heterocycles. The number of amides is 1. The molecule has 5 N–H and O–H groups in total. The van der Waals surface area contributed by atoms with Crippen LogP contribution in [0.4, 0.5) is 5.95 Å². The number of aliphatic hydroxyl groups is 3. The van der Waals surface area contributed by atoms with E-state index in [1.54, 1.807) is 13.8 Å². The van der Waals surface area contributed by atoms with E-state index in [1.807, 2.05) is 0 Å². The fourth-order valence-corrected chi connectivity index (χ4v) is 2.54. The van der Waals surface area contributed by atoms with Gasteiger partial charge in [-0.25, -0.2) is 4.98 Å². The van der Waals surface area contributed by atoms with E-state index in [4.69, 9.17) is 4.74 Å². The Morgan fingerprint density at radius 3 is 2.76 bits per heavy atom. The molecule has 1 amide bonds. The summed E-state index contributed by atoms with van der Waals surface area (Å²) in [5, 5.41) is 31.7. The van der Waals surface area contributed by atoms with Gasteiger partial charge >= 0.3 is 0 Å². The maximum atomic E-state index is 12.1. The van der Waals surface area contributed by atoms with Gasteiger partial charge in [-0.3, -0.25) is 24.5 Å². The van der Waals surface area contributed by atoms with Gasteiger partial charge in [0.15, 0.2) is 17.4 Å². The molecular weight excluding hydrogens is 334 g/mol. The number of H-pyrrole nitrogens is 1. The van der Waals surface area contributed by atoms with Crippen molar-refractivity contribution in [3.05, 3.63) is 16.7 Å². The number of carbonyl (C=O) groups is 1. The Kier molecular flexibility index (Phi) is 4.56. The predicted molar refractivity (Wildman–Crippen MR) is 84.6 cm³/mol. The molecule has 1 aliphatic heterocycles. The monoisotopic (exact) mass is 353 g/mol. The molecular formula is C14H19N5O6. The molecule has 0 aliphatic carbocycles. The smallest absolute Gasteiger partial charge is 0.280 e. The molecule has 0 aromatic carbocycles. The molecule has 1 aliphatic rings. The summed E-state index contributed by atoms with van der Waals surface area (Å²) in [6.45, 7) is 2.90. The van der Waals surface area contributed by atoms with Crippen LogP contribution in [0.2, 0.25) is 0 Å². The lowest BCUT2D eigenvalue weighted by molar-refractivity contribution is -0.118. The molecule has 136 valence electrons. The van der Waals surface area contributed by atoms with Crippen LogP contribution < -0.4 is 10.9 Å². The van der Waals surface area contributed by atoms with Crippen molar-refractivity contribution in [3.63, 3.8) is 0 Å². The second-order valence-electron chi connectivity index (χ2n) is 6.11. The number of fused-ring (bicyclic) bond motifs is 1. The summed E-state index contributed by atoms with van der Waals surface area (Å²) in [6, 6.07) is 0. The summed E-state index contributed by atoms with van der Waals surface area (Å²) >= 11 is 0. The van der Waals surface area contributed by atoms with Crippen molar-refractivity contribution in [2.75, 3.05) is 11.9 Å². The number of hydrogen-bond acceptors (Lipinski definition) is 8. The highest BCUT2D eigenvalue weighted by atomic mass is 16.6. The highest BCUT2D eigenvalue weighted by Crippen LogP contribution is 2.30. The van der Waals surface area contributed by atoms with Gasteiger partial charge in [-0.2, -0.15) is 4.98 Å². The van der Waals surface area contributed by atoms with Crippen LogP contribution in [0, 0.1) is 5.92 Å². The molecule has 25 heavy (non-hydrogen) atoms. The molecule has 0 radical (unpaired) electrons. The van der Waals surface area contributed by atoms with Gasteiger partial charge in [-0.05, 0) is 0 Å². The first-order valence-electron chi connectivity index (χ1n) is 7.73. The predicted octanol–water partition coefficient (Wildman–Crippen LogP) is -1.67. The Bertz CT molecular complexity index is 846. The topological polar surface area (TPSA) is 163 Å². The summed E-state index contributed by atoms with van der Waals surface area (Å²) < 4.78 is 6.70. The fraction of sp³-hybridized carbons (Fsp3) is 0.571. The maximum absolute atomic E-state index is 12.1. The third kappa shape index (κ3) is 3.02. The highest BCUT2D eigenvalue weighted by molar-refractivity contribution is 5.91. The van der Waals surface area contributed by atoms with E-state index >= 15 is 0 Å². The molecule has 11 nitrogen and oxygen atoms in total. The molecule has 2 aromatic rings. The molecule has 2 aromatic heterocycles. The second kappa shape index (κ2) is 6.52. The third-order valence-electron chi connectivity index (χ3n) is 3.99. The van der Waals surface area contributed by atoms with Gasteiger partial charge < -0.3 is 20.1 Å². The standard InChI is InChI=1S/C14H19N5O6/c1-5(2)11(23)17-14-16-10-7(12(24)18-14)15-4-19(10)13-9(22)8(21)6(3-20)25-13/h4-6,8-9,13,20-22H,3H2,1-2H3,(H2,16,17,18,23,24)/t6-,8-,9+,13+/m0/s1. The second-order valence-corrected chi connectivity index (χ2v) is 6.11. The summed E-state index contributed by atoms with van der Waals surface area (Å²) in [5.41, 5.74) is -0.521. The van der Waals surface area contributed by atoms with Gasteiger partial charge in [0.1, 0.15) is 18.3 Å². The minimum atomic E-state index is -1.34. The first-order valence-corrected chi connectivity index (χ1v) is 7.73. The number of nitrogens with zero attached hydrogens (tertiary/aromatic N) is 3. The zero-order valence-electron chi connectivity index (χ0n) is 13.6. The quantitative estimate of drug-likeness (QED) is 0.435. The summed E-state index contributed by atoms with van der Waals surface area (Å²) in [7, 11) is 0. The lowest BCUT2D eigenvalue weighted by Crippen LogP contribution is -2.33. The number of carbonyl (C=O) groups excluding carboxylic acids is 1. The van der Waals surface area contributed by atoms with Crippen LogP contribution >= 0.6 is 0 Å². The van der Waals surface area contributed by atoms with E-state index in [0.717, 1.165) is 0 Å². The number of rotatable bonds is 4. The third-order valence-corrected chi connectivity index (χ3v) is 3.99. The lowest BCUT2D eigenvalue weighted by atomic mass is 10.1. The molecule has 0 spiro atoms. The van der Waals surface area contributed by atoms with Crippen molar-refractivity contribution in [2.24, 2.45) is 5.92 Å². The SMILES string of the molecule is CC(C)C(=O)Nc1nc2c(ncn2[C@@H]2O[C@@H](CO)[C@H](O)[C@H]2O)c(=O)[nH]1. The molecule has 0 saturated carbocycles. The van der Waals surface area contributed by atoms with E-state index in [0.29, 0.717) is 0 Å². The average Bonchev–Trinajstić information content (AvgIpc) is 3.10. The lowest BCUT2D eigenvalue weighted by Gasteiger charge is -2.16. The number of imidazole rings is 1. The Morgan fingerprint density at radius 2 is 2.16 bits per heavy atom. The van der Waals surface area contributed by atoms with Crippen molar-refractivity contribution in [3.8, 4) is 0 Å². The van der Waals surface area contributed by atoms with E-state index in [2.05, 4.69) is 20.3 Å². The number of hydrogen-bond donors (Lipinski definition) is 5. The van der Waals surface area contributed by atoms with Gasteiger partial charge in [0.25, 0.3) is 5.56 Å². The highest BCUT2D eigenvalue weighted by Gasteiger charge is 2.44. The molecule has 1 saturated heterocycles. The molecule has 4 atom stereocenters. The number of aromatic nitrogens is 4. The van der Waals surface area contributed by atoms with E-state index in [-0.39, 0.29) is 28.9 Å². The molecule has 11 heteroatoms. The van der Waals surface area contributed by atoms with Crippen LogP contribution in [0.15, 0.2) is 11.1 Å². The molecule has 0 bridgehead atoms. The van der Waals surface area contributed by atoms with Crippen LogP contribution in [-0.4, -0.2) is 65.7 Å². The largest absolute Gasteiger partial charge is 0.394 e.